The largest absolute Gasteiger partial charge is 0.389 e. The predicted octanol–water partition coefficient (Wildman–Crippen LogP) is 2.14. The van der Waals surface area contributed by atoms with Crippen LogP contribution in [-0.2, 0) is 0 Å². The SMILES string of the molecule is CC(O)c1cccc(NCC(N)C(C)C)c1. The summed E-state index contributed by atoms with van der Waals surface area (Å²) in [4.78, 5) is 0. The molecule has 0 aliphatic rings. The normalized spacial score (nSPS) is 14.9. The Morgan fingerprint density at radius 1 is 1.31 bits per heavy atom. The summed E-state index contributed by atoms with van der Waals surface area (Å²) < 4.78 is 0. The Kier molecular flexibility index (Phi) is 4.77. The molecule has 4 N–H and O–H groups in total. The number of aliphatic hydroxyl groups is 1. The zero-order valence-electron chi connectivity index (χ0n) is 10.3. The lowest BCUT2D eigenvalue weighted by Crippen LogP contribution is -2.33. The third kappa shape index (κ3) is 3.83. The molecule has 2 unspecified atom stereocenters. The number of benzene rings is 1. The lowest BCUT2D eigenvalue weighted by molar-refractivity contribution is 0.199. The number of hydrogen-bond acceptors (Lipinski definition) is 3. The van der Waals surface area contributed by atoms with Gasteiger partial charge in [-0.1, -0.05) is 26.0 Å². The van der Waals surface area contributed by atoms with Crippen molar-refractivity contribution in [1.29, 1.82) is 0 Å². The molecule has 2 atom stereocenters. The molecule has 0 saturated carbocycles. The van der Waals surface area contributed by atoms with Gasteiger partial charge in [0, 0.05) is 18.3 Å². The van der Waals surface area contributed by atoms with Crippen LogP contribution in [0.3, 0.4) is 0 Å². The minimum atomic E-state index is -0.430. The van der Waals surface area contributed by atoms with Crippen LogP contribution in [0.5, 0.6) is 0 Å². The summed E-state index contributed by atoms with van der Waals surface area (Å²) in [5, 5.41) is 12.7. The van der Waals surface area contributed by atoms with Crippen molar-refractivity contribution in [2.75, 3.05) is 11.9 Å². The molecule has 90 valence electrons. The lowest BCUT2D eigenvalue weighted by Gasteiger charge is -2.17. The van der Waals surface area contributed by atoms with Crippen LogP contribution < -0.4 is 11.1 Å². The molecule has 3 nitrogen and oxygen atoms in total. The monoisotopic (exact) mass is 222 g/mol. The zero-order valence-corrected chi connectivity index (χ0v) is 10.3. The second kappa shape index (κ2) is 5.87. The molecule has 0 fully saturated rings. The Hall–Kier alpha value is -1.06. The molecule has 0 radical (unpaired) electrons. The van der Waals surface area contributed by atoms with Crippen molar-refractivity contribution in [1.82, 2.24) is 0 Å². The van der Waals surface area contributed by atoms with Crippen molar-refractivity contribution in [3.63, 3.8) is 0 Å². The van der Waals surface area contributed by atoms with E-state index >= 15 is 0 Å². The van der Waals surface area contributed by atoms with Crippen LogP contribution in [0, 0.1) is 5.92 Å². The average molecular weight is 222 g/mol. The van der Waals surface area contributed by atoms with Crippen LogP contribution in [0.4, 0.5) is 5.69 Å². The highest BCUT2D eigenvalue weighted by Gasteiger charge is 2.07. The van der Waals surface area contributed by atoms with Gasteiger partial charge in [-0.15, -0.1) is 0 Å². The maximum absolute atomic E-state index is 9.46. The molecule has 0 aromatic heterocycles. The molecule has 0 bridgehead atoms. The number of aliphatic hydroxyl groups excluding tert-OH is 1. The lowest BCUT2D eigenvalue weighted by atomic mass is 10.1. The van der Waals surface area contributed by atoms with E-state index in [2.05, 4.69) is 19.2 Å². The fourth-order valence-electron chi connectivity index (χ4n) is 1.38. The zero-order chi connectivity index (χ0) is 12.1. The van der Waals surface area contributed by atoms with Crippen LogP contribution in [0.25, 0.3) is 0 Å². The molecular weight excluding hydrogens is 200 g/mol. The third-order valence-electron chi connectivity index (χ3n) is 2.77. The standard InChI is InChI=1S/C13H22N2O/c1-9(2)13(14)8-15-12-6-4-5-11(7-12)10(3)16/h4-7,9-10,13,15-16H,8,14H2,1-3H3. The summed E-state index contributed by atoms with van der Waals surface area (Å²) in [5.41, 5.74) is 7.88. The first kappa shape index (κ1) is 13.0. The molecule has 0 amide bonds. The highest BCUT2D eigenvalue weighted by atomic mass is 16.3. The van der Waals surface area contributed by atoms with Crippen LogP contribution in [0.2, 0.25) is 0 Å². The van der Waals surface area contributed by atoms with E-state index < -0.39 is 6.10 Å². The first-order valence-corrected chi connectivity index (χ1v) is 5.78. The summed E-state index contributed by atoms with van der Waals surface area (Å²) in [7, 11) is 0. The molecule has 1 rings (SSSR count). The summed E-state index contributed by atoms with van der Waals surface area (Å²) in [6.07, 6.45) is -0.430. The predicted molar refractivity (Wildman–Crippen MR) is 68.4 cm³/mol. The quantitative estimate of drug-likeness (QED) is 0.715. The number of hydrogen-bond donors (Lipinski definition) is 3. The fourth-order valence-corrected chi connectivity index (χ4v) is 1.38. The molecule has 16 heavy (non-hydrogen) atoms. The Labute approximate surface area is 97.7 Å². The number of nitrogens with one attached hydrogen (secondary N) is 1. The van der Waals surface area contributed by atoms with Crippen molar-refractivity contribution in [3.05, 3.63) is 29.8 Å². The smallest absolute Gasteiger partial charge is 0.0762 e. The van der Waals surface area contributed by atoms with Gasteiger partial charge in [0.15, 0.2) is 0 Å². The van der Waals surface area contributed by atoms with Crippen molar-refractivity contribution in [2.45, 2.75) is 32.9 Å². The molecule has 1 aromatic rings. The van der Waals surface area contributed by atoms with Gasteiger partial charge < -0.3 is 16.2 Å². The van der Waals surface area contributed by atoms with Crippen LogP contribution in [0.1, 0.15) is 32.4 Å². The maximum Gasteiger partial charge on any atom is 0.0762 e. The molecule has 0 spiro atoms. The Morgan fingerprint density at radius 3 is 2.56 bits per heavy atom. The third-order valence-corrected chi connectivity index (χ3v) is 2.77. The molecule has 0 heterocycles. The molecular formula is C13H22N2O. The van der Waals surface area contributed by atoms with E-state index in [1.165, 1.54) is 0 Å². The average Bonchev–Trinajstić information content (AvgIpc) is 2.26. The van der Waals surface area contributed by atoms with E-state index in [9.17, 15) is 5.11 Å². The minimum absolute atomic E-state index is 0.148. The Morgan fingerprint density at radius 2 is 2.00 bits per heavy atom. The van der Waals surface area contributed by atoms with E-state index in [1.807, 2.05) is 24.3 Å². The van der Waals surface area contributed by atoms with Crippen molar-refractivity contribution < 1.29 is 5.11 Å². The van der Waals surface area contributed by atoms with Gasteiger partial charge in [-0.25, -0.2) is 0 Å². The van der Waals surface area contributed by atoms with Gasteiger partial charge in [0.25, 0.3) is 0 Å². The summed E-state index contributed by atoms with van der Waals surface area (Å²) in [6.45, 7) is 6.73. The van der Waals surface area contributed by atoms with Gasteiger partial charge in [0.1, 0.15) is 0 Å². The number of nitrogens with two attached hydrogens (primary N) is 1. The molecule has 0 aliphatic carbocycles. The van der Waals surface area contributed by atoms with Gasteiger partial charge in [-0.3, -0.25) is 0 Å². The van der Waals surface area contributed by atoms with Gasteiger partial charge in [0.2, 0.25) is 0 Å². The Bertz CT molecular complexity index is 323. The first-order chi connectivity index (χ1) is 7.50. The summed E-state index contributed by atoms with van der Waals surface area (Å²) in [5.74, 6) is 0.465. The molecule has 3 heteroatoms. The number of anilines is 1. The van der Waals surface area contributed by atoms with Gasteiger partial charge in [-0.2, -0.15) is 0 Å². The van der Waals surface area contributed by atoms with E-state index in [1.54, 1.807) is 6.92 Å². The van der Waals surface area contributed by atoms with Crippen LogP contribution in [0.15, 0.2) is 24.3 Å². The van der Waals surface area contributed by atoms with Gasteiger partial charge in [-0.05, 0) is 30.5 Å². The van der Waals surface area contributed by atoms with Crippen LogP contribution in [-0.4, -0.2) is 17.7 Å². The van der Waals surface area contributed by atoms with E-state index in [0.717, 1.165) is 17.8 Å². The van der Waals surface area contributed by atoms with Gasteiger partial charge in [0.05, 0.1) is 6.10 Å². The highest BCUT2D eigenvalue weighted by Crippen LogP contribution is 2.17. The molecule has 1 aromatic carbocycles. The highest BCUT2D eigenvalue weighted by molar-refractivity contribution is 5.46. The summed E-state index contributed by atoms with van der Waals surface area (Å²) in [6, 6.07) is 7.94. The minimum Gasteiger partial charge on any atom is -0.389 e. The molecule has 0 aliphatic heterocycles. The first-order valence-electron chi connectivity index (χ1n) is 5.78. The Balaban J connectivity index is 2.57. The van der Waals surface area contributed by atoms with E-state index in [4.69, 9.17) is 5.73 Å². The van der Waals surface area contributed by atoms with Crippen LogP contribution >= 0.6 is 0 Å². The second-order valence-corrected chi connectivity index (χ2v) is 4.59. The van der Waals surface area contributed by atoms with Crippen molar-refractivity contribution in [2.24, 2.45) is 11.7 Å². The topological polar surface area (TPSA) is 58.3 Å². The van der Waals surface area contributed by atoms with Crippen molar-refractivity contribution in [3.8, 4) is 0 Å². The molecule has 0 saturated heterocycles. The van der Waals surface area contributed by atoms with Crippen molar-refractivity contribution >= 4 is 5.69 Å². The van der Waals surface area contributed by atoms with E-state index in [-0.39, 0.29) is 6.04 Å². The second-order valence-electron chi connectivity index (χ2n) is 4.59. The van der Waals surface area contributed by atoms with Gasteiger partial charge >= 0.3 is 0 Å². The van der Waals surface area contributed by atoms with E-state index in [0.29, 0.717) is 5.92 Å². The summed E-state index contributed by atoms with van der Waals surface area (Å²) >= 11 is 0. The fraction of sp³-hybridized carbons (Fsp3) is 0.538. The number of rotatable bonds is 5. The maximum atomic E-state index is 9.46.